The number of carbonyl (C=O) groups excluding carboxylic acids is 2. The zero-order valence-corrected chi connectivity index (χ0v) is 25.9. The van der Waals surface area contributed by atoms with E-state index >= 15 is 0 Å². The van der Waals surface area contributed by atoms with Gasteiger partial charge in [-0.2, -0.15) is 0 Å². The van der Waals surface area contributed by atoms with Gasteiger partial charge in [-0.05, 0) is 25.0 Å². The van der Waals surface area contributed by atoms with E-state index in [0.29, 0.717) is 30.9 Å². The summed E-state index contributed by atoms with van der Waals surface area (Å²) < 4.78 is 12.2. The molecule has 0 fully saturated rings. The Bertz CT molecular complexity index is 760. The van der Waals surface area contributed by atoms with E-state index in [1.807, 2.05) is 12.1 Å². The molecule has 5 nitrogen and oxygen atoms in total. The standard InChI is InChI=1S/C35H59NO4/c1-3-5-7-9-11-13-15-17-19-23-27-39-30-31(40-28-24-20-18-16-14-12-10-8-6-4-2)29-36-34(37)32-25-21-22-26-33(32)35(36)38/h21-22,25-26,31H,3-20,23-24,27-30H2,1-2H3. The summed E-state index contributed by atoms with van der Waals surface area (Å²) in [4.78, 5) is 27.1. The van der Waals surface area contributed by atoms with E-state index < -0.39 is 0 Å². The minimum atomic E-state index is -0.288. The van der Waals surface area contributed by atoms with Crippen LogP contribution in [0.25, 0.3) is 0 Å². The Morgan fingerprint density at radius 3 is 1.43 bits per heavy atom. The third-order valence-electron chi connectivity index (χ3n) is 8.06. The van der Waals surface area contributed by atoms with Gasteiger partial charge in [0, 0.05) is 13.2 Å². The smallest absolute Gasteiger partial charge is 0.261 e. The van der Waals surface area contributed by atoms with Gasteiger partial charge in [0.15, 0.2) is 0 Å². The molecular formula is C35H59NO4. The molecule has 40 heavy (non-hydrogen) atoms. The van der Waals surface area contributed by atoms with E-state index in [9.17, 15) is 9.59 Å². The van der Waals surface area contributed by atoms with Gasteiger partial charge in [-0.1, -0.05) is 142 Å². The van der Waals surface area contributed by atoms with E-state index in [-0.39, 0.29) is 24.5 Å². The number of hydrogen-bond donors (Lipinski definition) is 0. The topological polar surface area (TPSA) is 55.8 Å². The van der Waals surface area contributed by atoms with E-state index in [1.165, 1.54) is 114 Å². The van der Waals surface area contributed by atoms with Crippen LogP contribution in [0.5, 0.6) is 0 Å². The molecular weight excluding hydrogens is 498 g/mol. The van der Waals surface area contributed by atoms with Crippen LogP contribution in [0.15, 0.2) is 24.3 Å². The molecule has 1 unspecified atom stereocenters. The van der Waals surface area contributed by atoms with Crippen molar-refractivity contribution in [2.75, 3.05) is 26.4 Å². The Balaban J connectivity index is 1.65. The first-order valence-corrected chi connectivity index (χ1v) is 16.8. The van der Waals surface area contributed by atoms with Crippen molar-refractivity contribution in [3.05, 3.63) is 35.4 Å². The first-order valence-electron chi connectivity index (χ1n) is 16.8. The highest BCUT2D eigenvalue weighted by Gasteiger charge is 2.36. The van der Waals surface area contributed by atoms with Gasteiger partial charge in [-0.15, -0.1) is 0 Å². The largest absolute Gasteiger partial charge is 0.379 e. The van der Waals surface area contributed by atoms with Gasteiger partial charge in [-0.3, -0.25) is 14.5 Å². The SMILES string of the molecule is CCCCCCCCCCCCOCC(CN1C(=O)c2ccccc2C1=O)OCCCCCCCCCCCC. The number of carbonyl (C=O) groups is 2. The summed E-state index contributed by atoms with van der Waals surface area (Å²) in [6.07, 6.45) is 25.5. The molecule has 1 atom stereocenters. The number of amides is 2. The Kier molecular flexibility index (Phi) is 19.7. The number of ether oxygens (including phenoxy) is 2. The van der Waals surface area contributed by atoms with Crippen LogP contribution in [0, 0.1) is 0 Å². The molecule has 0 saturated carbocycles. The number of imide groups is 1. The summed E-state index contributed by atoms with van der Waals surface area (Å²) in [6.45, 7) is 6.55. The average molecular weight is 558 g/mol. The lowest BCUT2D eigenvalue weighted by Gasteiger charge is -2.23. The Morgan fingerprint density at radius 2 is 0.975 bits per heavy atom. The predicted octanol–water partition coefficient (Wildman–Crippen LogP) is 9.53. The number of fused-ring (bicyclic) bond motifs is 1. The molecule has 0 bridgehead atoms. The van der Waals surface area contributed by atoms with Crippen LogP contribution in [-0.4, -0.2) is 49.2 Å². The van der Waals surface area contributed by atoms with Crippen LogP contribution >= 0.6 is 0 Å². The Labute approximate surface area is 245 Å². The highest BCUT2D eigenvalue weighted by atomic mass is 16.5. The van der Waals surface area contributed by atoms with Crippen LogP contribution in [0.4, 0.5) is 0 Å². The average Bonchev–Trinajstić information content (AvgIpc) is 3.21. The molecule has 0 N–H and O–H groups in total. The zero-order valence-electron chi connectivity index (χ0n) is 25.9. The highest BCUT2D eigenvalue weighted by Crippen LogP contribution is 2.23. The number of unbranched alkanes of at least 4 members (excludes halogenated alkanes) is 18. The van der Waals surface area contributed by atoms with Gasteiger partial charge in [-0.25, -0.2) is 0 Å². The summed E-state index contributed by atoms with van der Waals surface area (Å²) in [7, 11) is 0. The predicted molar refractivity (Wildman–Crippen MR) is 166 cm³/mol. The van der Waals surface area contributed by atoms with Crippen LogP contribution in [0.1, 0.15) is 163 Å². The quantitative estimate of drug-likeness (QED) is 0.0798. The van der Waals surface area contributed by atoms with Gasteiger partial charge in [0.05, 0.1) is 30.4 Å². The molecule has 228 valence electrons. The fourth-order valence-corrected chi connectivity index (χ4v) is 5.51. The van der Waals surface area contributed by atoms with Gasteiger partial charge >= 0.3 is 0 Å². The molecule has 0 aromatic heterocycles. The van der Waals surface area contributed by atoms with Gasteiger partial charge in [0.25, 0.3) is 11.8 Å². The second kappa shape index (κ2) is 22.9. The van der Waals surface area contributed by atoms with Crippen molar-refractivity contribution in [2.45, 2.75) is 148 Å². The zero-order chi connectivity index (χ0) is 28.7. The number of nitrogens with zero attached hydrogens (tertiary/aromatic N) is 1. The van der Waals surface area contributed by atoms with Crippen LogP contribution in [-0.2, 0) is 9.47 Å². The van der Waals surface area contributed by atoms with Crippen molar-refractivity contribution < 1.29 is 19.1 Å². The van der Waals surface area contributed by atoms with Gasteiger partial charge in [0.2, 0.25) is 0 Å². The van der Waals surface area contributed by atoms with E-state index in [4.69, 9.17) is 9.47 Å². The first-order chi connectivity index (χ1) is 19.7. The van der Waals surface area contributed by atoms with Crippen molar-refractivity contribution in [1.29, 1.82) is 0 Å². The molecule has 2 amide bonds. The lowest BCUT2D eigenvalue weighted by Crippen LogP contribution is -2.40. The summed E-state index contributed by atoms with van der Waals surface area (Å²) >= 11 is 0. The maximum Gasteiger partial charge on any atom is 0.261 e. The number of benzene rings is 1. The third kappa shape index (κ3) is 14.3. The second-order valence-electron chi connectivity index (χ2n) is 11.7. The molecule has 5 heteroatoms. The molecule has 1 aromatic rings. The van der Waals surface area contributed by atoms with Crippen molar-refractivity contribution in [1.82, 2.24) is 4.90 Å². The molecule has 0 saturated heterocycles. The van der Waals surface area contributed by atoms with Crippen molar-refractivity contribution in [3.8, 4) is 0 Å². The molecule has 1 aromatic carbocycles. The van der Waals surface area contributed by atoms with Gasteiger partial charge in [0.1, 0.15) is 0 Å². The maximum atomic E-state index is 12.9. The van der Waals surface area contributed by atoms with Crippen molar-refractivity contribution >= 4 is 11.8 Å². The molecule has 1 aliphatic heterocycles. The normalized spacial score (nSPS) is 13.8. The summed E-state index contributed by atoms with van der Waals surface area (Å²) in [5.74, 6) is -0.439. The monoisotopic (exact) mass is 557 g/mol. The molecule has 1 aliphatic rings. The molecule has 2 rings (SSSR count). The van der Waals surface area contributed by atoms with Crippen molar-refractivity contribution in [2.24, 2.45) is 0 Å². The Hall–Kier alpha value is -1.72. The summed E-state index contributed by atoms with van der Waals surface area (Å²) in [5.41, 5.74) is 0.986. The van der Waals surface area contributed by atoms with E-state index in [2.05, 4.69) is 13.8 Å². The molecule has 0 spiro atoms. The third-order valence-corrected chi connectivity index (χ3v) is 8.06. The summed E-state index contributed by atoms with van der Waals surface area (Å²) in [5, 5.41) is 0. The lowest BCUT2D eigenvalue weighted by atomic mass is 10.1. The van der Waals surface area contributed by atoms with Crippen LogP contribution in [0.3, 0.4) is 0 Å². The summed E-state index contributed by atoms with van der Waals surface area (Å²) in [6, 6.07) is 7.08. The molecule has 1 heterocycles. The highest BCUT2D eigenvalue weighted by molar-refractivity contribution is 6.21. The fourth-order valence-electron chi connectivity index (χ4n) is 5.51. The molecule has 0 aliphatic carbocycles. The maximum absolute atomic E-state index is 12.9. The Morgan fingerprint density at radius 1 is 0.575 bits per heavy atom. The van der Waals surface area contributed by atoms with Crippen molar-refractivity contribution in [3.63, 3.8) is 0 Å². The minimum Gasteiger partial charge on any atom is -0.379 e. The number of rotatable bonds is 27. The molecule has 0 radical (unpaired) electrons. The van der Waals surface area contributed by atoms with Gasteiger partial charge < -0.3 is 9.47 Å². The second-order valence-corrected chi connectivity index (χ2v) is 11.7. The van der Waals surface area contributed by atoms with E-state index in [1.54, 1.807) is 12.1 Å². The minimum absolute atomic E-state index is 0.220. The van der Waals surface area contributed by atoms with Crippen LogP contribution in [0.2, 0.25) is 0 Å². The fraction of sp³-hybridized carbons (Fsp3) is 0.771. The first kappa shape index (κ1) is 34.5. The number of hydrogen-bond acceptors (Lipinski definition) is 4. The van der Waals surface area contributed by atoms with Crippen LogP contribution < -0.4 is 0 Å². The van der Waals surface area contributed by atoms with E-state index in [0.717, 1.165) is 19.3 Å². The lowest BCUT2D eigenvalue weighted by molar-refractivity contribution is -0.0286.